The van der Waals surface area contributed by atoms with E-state index in [0.717, 1.165) is 6.54 Å². The van der Waals surface area contributed by atoms with Crippen molar-refractivity contribution in [3.05, 3.63) is 70.8 Å². The molecule has 4 rings (SSSR count). The van der Waals surface area contributed by atoms with Gasteiger partial charge >= 0.3 is 0 Å². The van der Waals surface area contributed by atoms with Crippen molar-refractivity contribution in [2.24, 2.45) is 4.99 Å². The zero-order valence-electron chi connectivity index (χ0n) is 19.7. The molecule has 0 aromatic heterocycles. The van der Waals surface area contributed by atoms with E-state index in [1.165, 1.54) is 0 Å². The van der Waals surface area contributed by atoms with Crippen molar-refractivity contribution in [2.45, 2.75) is 51.2 Å². The topological polar surface area (TPSA) is 103 Å². The van der Waals surface area contributed by atoms with Gasteiger partial charge in [-0.15, -0.1) is 0 Å². The molecule has 2 aromatic carbocycles. The van der Waals surface area contributed by atoms with Gasteiger partial charge in [-0.25, -0.2) is 0 Å². The second-order valence-electron chi connectivity index (χ2n) is 8.99. The van der Waals surface area contributed by atoms with Gasteiger partial charge in [-0.05, 0) is 31.5 Å². The van der Waals surface area contributed by atoms with Crippen molar-refractivity contribution in [1.29, 1.82) is 0 Å². The number of hydrogen-bond donors (Lipinski definition) is 2. The lowest BCUT2D eigenvalue weighted by molar-refractivity contribution is -0.102. The third-order valence-corrected chi connectivity index (χ3v) is 6.70. The van der Waals surface area contributed by atoms with Gasteiger partial charge in [-0.1, -0.05) is 55.5 Å². The van der Waals surface area contributed by atoms with Gasteiger partial charge in [0, 0.05) is 17.5 Å². The lowest BCUT2D eigenvalue weighted by atomic mass is 9.81. The summed E-state index contributed by atoms with van der Waals surface area (Å²) in [5.41, 5.74) is -0.0606. The van der Waals surface area contributed by atoms with Crippen LogP contribution in [0.3, 0.4) is 0 Å². The monoisotopic (exact) mass is 465 g/mol. The Morgan fingerprint density at radius 3 is 2.35 bits per heavy atom. The molecule has 1 saturated heterocycles. The number of hydrogen-bond acceptors (Lipinski definition) is 8. The van der Waals surface area contributed by atoms with Gasteiger partial charge in [0.15, 0.2) is 17.2 Å². The van der Waals surface area contributed by atoms with Crippen LogP contribution in [0, 0.1) is 13.8 Å². The van der Waals surface area contributed by atoms with E-state index in [1.54, 1.807) is 67.6 Å². The Morgan fingerprint density at radius 2 is 1.74 bits per heavy atom. The Hall–Kier alpha value is -2.91. The summed E-state index contributed by atoms with van der Waals surface area (Å²) in [5, 5.41) is 22.9. The molecule has 2 aliphatic heterocycles. The van der Waals surface area contributed by atoms with Crippen LogP contribution in [0.25, 0.3) is 0 Å². The maximum atomic E-state index is 13.7. The summed E-state index contributed by atoms with van der Waals surface area (Å²) in [6.45, 7) is 7.37. The summed E-state index contributed by atoms with van der Waals surface area (Å²) < 4.78 is 6.10. The molecule has 8 heteroatoms. The fraction of sp³-hybridized carbons (Fsp3) is 0.423. The number of carbonyl (C=O) groups excluding carboxylic acids is 2. The van der Waals surface area contributed by atoms with Crippen molar-refractivity contribution < 1.29 is 24.5 Å². The Balaban J connectivity index is 1.70. The van der Waals surface area contributed by atoms with Crippen molar-refractivity contribution in [3.63, 3.8) is 0 Å². The first-order valence-electron chi connectivity index (χ1n) is 11.5. The van der Waals surface area contributed by atoms with E-state index in [2.05, 4.69) is 9.89 Å². The number of rotatable bonds is 7. The molecule has 1 fully saturated rings. The molecule has 1 unspecified atom stereocenters. The minimum absolute atomic E-state index is 0.105. The van der Waals surface area contributed by atoms with Crippen LogP contribution in [-0.4, -0.2) is 81.8 Å². The van der Waals surface area contributed by atoms with E-state index in [9.17, 15) is 19.8 Å². The maximum Gasteiger partial charge on any atom is 0.197 e. The number of ether oxygens (including phenoxy) is 1. The highest BCUT2D eigenvalue weighted by atomic mass is 16.6. The van der Waals surface area contributed by atoms with Gasteiger partial charge in [0.1, 0.15) is 18.4 Å². The molecule has 34 heavy (non-hydrogen) atoms. The van der Waals surface area contributed by atoms with Crippen LogP contribution >= 0.6 is 0 Å². The van der Waals surface area contributed by atoms with E-state index in [4.69, 9.17) is 4.74 Å². The molecule has 180 valence electrons. The van der Waals surface area contributed by atoms with Crippen LogP contribution in [0.5, 0.6) is 0 Å². The van der Waals surface area contributed by atoms with Crippen LogP contribution in [0.1, 0.15) is 45.2 Å². The van der Waals surface area contributed by atoms with E-state index in [0.29, 0.717) is 35.6 Å². The van der Waals surface area contributed by atoms with Gasteiger partial charge in [0.2, 0.25) is 0 Å². The maximum absolute atomic E-state index is 13.7. The third-order valence-electron chi connectivity index (χ3n) is 6.70. The van der Waals surface area contributed by atoms with Gasteiger partial charge < -0.3 is 19.8 Å². The molecule has 0 spiro atoms. The number of benzene rings is 2. The third kappa shape index (κ3) is 4.42. The molecule has 0 aliphatic carbocycles. The average molecular weight is 466 g/mol. The largest absolute Gasteiger partial charge is 0.382 e. The number of Topliss-reactive ketones (excluding diaryl/α,β-unsaturated/α-hetero) is 2. The number of ketones is 2. The predicted molar refractivity (Wildman–Crippen MR) is 128 cm³/mol. The van der Waals surface area contributed by atoms with Crippen LogP contribution in [0.15, 0.2) is 53.5 Å². The highest BCUT2D eigenvalue weighted by molar-refractivity contribution is 6.06. The molecule has 2 heterocycles. The lowest BCUT2D eigenvalue weighted by Crippen LogP contribution is -2.54. The summed E-state index contributed by atoms with van der Waals surface area (Å²) in [7, 11) is 0. The first kappa shape index (κ1) is 24.2. The molecular formula is C26H31N3O5. The van der Waals surface area contributed by atoms with Crippen molar-refractivity contribution in [1.82, 2.24) is 9.80 Å². The summed E-state index contributed by atoms with van der Waals surface area (Å²) in [4.78, 5) is 35.1. The number of aliphatic imine (C=N–C) groups is 1. The summed E-state index contributed by atoms with van der Waals surface area (Å²) in [5.74, 6) is -1.17. The minimum Gasteiger partial charge on any atom is -0.382 e. The number of aliphatic hydroxyl groups excluding tert-OH is 1. The smallest absolute Gasteiger partial charge is 0.197 e. The van der Waals surface area contributed by atoms with Gasteiger partial charge in [0.25, 0.3) is 0 Å². The molecule has 2 aromatic rings. The standard InChI is InChI=1S/C26H31N3O5/c1-4-28-14-27-15-29(16-28)21-13-26(33,24(32)20-12-8-6-10-18(20)3)25(34-21)23(31)22(30)19-11-7-5-9-17(19)2/h5-12,15,21,23,25,31,33H,4,13-14,16H2,1-3H3/t21-,23?,25+,26+/m0/s1. The fourth-order valence-corrected chi connectivity index (χ4v) is 4.61. The lowest BCUT2D eigenvalue weighted by Gasteiger charge is -2.34. The van der Waals surface area contributed by atoms with E-state index in [1.807, 2.05) is 13.0 Å². The number of aryl methyl sites for hydroxylation is 2. The van der Waals surface area contributed by atoms with Crippen LogP contribution in [0.2, 0.25) is 0 Å². The second kappa shape index (κ2) is 9.76. The normalized spacial score (nSPS) is 26.0. The quantitative estimate of drug-likeness (QED) is 0.604. The molecule has 4 atom stereocenters. The predicted octanol–water partition coefficient (Wildman–Crippen LogP) is 2.16. The molecule has 2 N–H and O–H groups in total. The fourth-order valence-electron chi connectivity index (χ4n) is 4.61. The van der Waals surface area contributed by atoms with Gasteiger partial charge in [-0.2, -0.15) is 0 Å². The van der Waals surface area contributed by atoms with Crippen LogP contribution in [-0.2, 0) is 4.74 Å². The highest BCUT2D eigenvalue weighted by Gasteiger charge is 2.58. The Kier molecular flexibility index (Phi) is 6.95. The molecule has 2 aliphatic rings. The molecule has 0 bridgehead atoms. The summed E-state index contributed by atoms with van der Waals surface area (Å²) in [6.07, 6.45) is -2.38. The Bertz CT molecular complexity index is 1100. The number of nitrogens with zero attached hydrogens (tertiary/aromatic N) is 3. The SMILES string of the molecule is CCN1CN=CN([C@@H]2C[C@@](O)(C(=O)c3ccccc3C)[C@@H](C(O)C(=O)c3ccccc3C)O2)C1. The first-order valence-corrected chi connectivity index (χ1v) is 11.5. The zero-order valence-corrected chi connectivity index (χ0v) is 19.7. The Labute approximate surface area is 199 Å². The van der Waals surface area contributed by atoms with Crippen molar-refractivity contribution in [3.8, 4) is 0 Å². The average Bonchev–Trinajstić information content (AvgIpc) is 3.22. The van der Waals surface area contributed by atoms with Crippen LogP contribution < -0.4 is 0 Å². The minimum atomic E-state index is -2.10. The molecule has 0 saturated carbocycles. The Morgan fingerprint density at radius 1 is 1.12 bits per heavy atom. The van der Waals surface area contributed by atoms with Crippen LogP contribution in [0.4, 0.5) is 0 Å². The van der Waals surface area contributed by atoms with Gasteiger partial charge in [0.05, 0.1) is 19.7 Å². The number of carbonyl (C=O) groups is 2. The molecule has 0 radical (unpaired) electrons. The second-order valence-corrected chi connectivity index (χ2v) is 8.99. The van der Waals surface area contributed by atoms with Gasteiger partial charge in [-0.3, -0.25) is 19.5 Å². The van der Waals surface area contributed by atoms with E-state index >= 15 is 0 Å². The van der Waals surface area contributed by atoms with E-state index < -0.39 is 35.6 Å². The first-order chi connectivity index (χ1) is 16.3. The summed E-state index contributed by atoms with van der Waals surface area (Å²) >= 11 is 0. The number of aliphatic hydroxyl groups is 2. The zero-order chi connectivity index (χ0) is 24.5. The molecular weight excluding hydrogens is 434 g/mol. The summed E-state index contributed by atoms with van der Waals surface area (Å²) in [6, 6.07) is 13.8. The highest BCUT2D eigenvalue weighted by Crippen LogP contribution is 2.38. The molecule has 0 amide bonds. The molecule has 8 nitrogen and oxygen atoms in total. The van der Waals surface area contributed by atoms with E-state index in [-0.39, 0.29) is 6.42 Å². The van der Waals surface area contributed by atoms with Crippen molar-refractivity contribution >= 4 is 17.9 Å². The van der Waals surface area contributed by atoms with Crippen molar-refractivity contribution in [2.75, 3.05) is 19.9 Å².